The van der Waals surface area contributed by atoms with Crippen molar-refractivity contribution in [3.63, 3.8) is 0 Å². The summed E-state index contributed by atoms with van der Waals surface area (Å²) >= 11 is 0. The largest absolute Gasteiger partial charge is 0.492 e. The monoisotopic (exact) mass is 294 g/mol. The van der Waals surface area contributed by atoms with E-state index in [1.807, 2.05) is 13.8 Å². The molecule has 0 aliphatic carbocycles. The first kappa shape index (κ1) is 17.0. The molecule has 1 unspecified atom stereocenters. The zero-order valence-corrected chi connectivity index (χ0v) is 12.4. The normalized spacial score (nSPS) is 11.9. The molecule has 6 heteroatoms. The van der Waals surface area contributed by atoms with Crippen LogP contribution in [0.4, 0.5) is 5.69 Å². The Morgan fingerprint density at radius 3 is 2.62 bits per heavy atom. The van der Waals surface area contributed by atoms with E-state index >= 15 is 0 Å². The molecule has 116 valence electrons. The van der Waals surface area contributed by atoms with Gasteiger partial charge >= 0.3 is 5.97 Å². The molecule has 1 atom stereocenters. The fraction of sp³-hybridized carbons (Fsp3) is 0.467. The third-order valence-electron chi connectivity index (χ3n) is 3.05. The van der Waals surface area contributed by atoms with Crippen molar-refractivity contribution in [3.05, 3.63) is 23.8 Å². The van der Waals surface area contributed by atoms with E-state index in [1.54, 1.807) is 18.2 Å². The number of nitrogen functional groups attached to an aromatic ring is 1. The summed E-state index contributed by atoms with van der Waals surface area (Å²) in [5, 5.41) is 11.6. The van der Waals surface area contributed by atoms with Crippen LogP contribution in [0.15, 0.2) is 18.2 Å². The topological polar surface area (TPSA) is 102 Å². The van der Waals surface area contributed by atoms with Gasteiger partial charge in [-0.1, -0.05) is 6.92 Å². The number of rotatable bonds is 9. The maximum Gasteiger partial charge on any atom is 0.304 e. The number of nitrogens with two attached hydrogens (primary N) is 1. The summed E-state index contributed by atoms with van der Waals surface area (Å²) in [5.41, 5.74) is 6.76. The lowest BCUT2D eigenvalue weighted by Crippen LogP contribution is -2.37. The number of benzene rings is 1. The van der Waals surface area contributed by atoms with Gasteiger partial charge < -0.3 is 20.9 Å². The van der Waals surface area contributed by atoms with Crippen molar-refractivity contribution in [2.45, 2.75) is 32.7 Å². The molecule has 0 saturated heterocycles. The average molecular weight is 294 g/mol. The van der Waals surface area contributed by atoms with Crippen LogP contribution in [-0.4, -0.2) is 36.1 Å². The zero-order valence-electron chi connectivity index (χ0n) is 12.4. The summed E-state index contributed by atoms with van der Waals surface area (Å²) < 4.78 is 5.33. The number of nitrogens with one attached hydrogen (secondary N) is 1. The molecule has 21 heavy (non-hydrogen) atoms. The Bertz CT molecular complexity index is 502. The predicted molar refractivity (Wildman–Crippen MR) is 80.7 cm³/mol. The van der Waals surface area contributed by atoms with Gasteiger partial charge in [-0.3, -0.25) is 9.59 Å². The number of hydrogen-bond donors (Lipinski definition) is 3. The van der Waals surface area contributed by atoms with Crippen LogP contribution in [0.5, 0.6) is 5.75 Å². The van der Waals surface area contributed by atoms with Gasteiger partial charge in [-0.05, 0) is 31.5 Å². The Balaban J connectivity index is 2.75. The highest BCUT2D eigenvalue weighted by Gasteiger charge is 2.18. The molecule has 1 aromatic rings. The summed E-state index contributed by atoms with van der Waals surface area (Å²) in [5.74, 6) is -0.436. The number of carboxylic acids is 1. The van der Waals surface area contributed by atoms with Crippen LogP contribution in [0, 0.1) is 0 Å². The van der Waals surface area contributed by atoms with Crippen molar-refractivity contribution < 1.29 is 19.4 Å². The molecule has 0 amide bonds. The molecule has 0 radical (unpaired) electrons. The Kier molecular flexibility index (Phi) is 6.68. The number of carbonyl (C=O) groups excluding carboxylic acids is 1. The van der Waals surface area contributed by atoms with E-state index in [-0.39, 0.29) is 18.7 Å². The molecule has 4 N–H and O–H groups in total. The molecule has 0 saturated carbocycles. The van der Waals surface area contributed by atoms with Gasteiger partial charge in [-0.2, -0.15) is 0 Å². The van der Waals surface area contributed by atoms with Crippen LogP contribution in [-0.2, 0) is 4.79 Å². The summed E-state index contributed by atoms with van der Waals surface area (Å²) in [7, 11) is 0. The Morgan fingerprint density at radius 1 is 1.38 bits per heavy atom. The number of Topliss-reactive ketones (excluding diaryl/α,β-unsaturated/α-hetero) is 1. The lowest BCUT2D eigenvalue weighted by molar-refractivity contribution is -0.136. The molecule has 6 nitrogen and oxygen atoms in total. The number of aliphatic carboxylic acids is 1. The Morgan fingerprint density at radius 2 is 2.10 bits per heavy atom. The van der Waals surface area contributed by atoms with Gasteiger partial charge in [-0.25, -0.2) is 0 Å². The van der Waals surface area contributed by atoms with Crippen molar-refractivity contribution in [2.75, 3.05) is 18.9 Å². The minimum Gasteiger partial charge on any atom is -0.492 e. The molecule has 0 heterocycles. The van der Waals surface area contributed by atoms with Gasteiger partial charge in [-0.15, -0.1) is 0 Å². The lowest BCUT2D eigenvalue weighted by atomic mass is 10.0. The van der Waals surface area contributed by atoms with Gasteiger partial charge in [0.1, 0.15) is 5.75 Å². The Hall–Kier alpha value is -2.08. The average Bonchev–Trinajstić information content (AvgIpc) is 2.45. The van der Waals surface area contributed by atoms with E-state index in [2.05, 4.69) is 5.32 Å². The maximum absolute atomic E-state index is 12.4. The maximum atomic E-state index is 12.4. The fourth-order valence-corrected chi connectivity index (χ4v) is 1.97. The van der Waals surface area contributed by atoms with Crippen LogP contribution in [0.1, 0.15) is 37.0 Å². The summed E-state index contributed by atoms with van der Waals surface area (Å²) in [4.78, 5) is 22.9. The predicted octanol–water partition coefficient (Wildman–Crippen LogP) is 1.69. The highest BCUT2D eigenvalue weighted by molar-refractivity contribution is 6.01. The van der Waals surface area contributed by atoms with Crippen molar-refractivity contribution in [3.8, 4) is 5.75 Å². The highest BCUT2D eigenvalue weighted by Crippen LogP contribution is 2.23. The van der Waals surface area contributed by atoms with Gasteiger partial charge in [0.2, 0.25) is 0 Å². The second-order valence-electron chi connectivity index (χ2n) is 4.61. The summed E-state index contributed by atoms with van der Waals surface area (Å²) in [6.45, 7) is 4.49. The minimum atomic E-state index is -0.893. The first-order valence-corrected chi connectivity index (χ1v) is 7.01. The van der Waals surface area contributed by atoms with E-state index in [0.29, 0.717) is 30.0 Å². The third-order valence-corrected chi connectivity index (χ3v) is 3.05. The smallest absolute Gasteiger partial charge is 0.304 e. The third kappa shape index (κ3) is 5.07. The van der Waals surface area contributed by atoms with Gasteiger partial charge in [0.15, 0.2) is 5.78 Å². The van der Waals surface area contributed by atoms with Crippen LogP contribution in [0.2, 0.25) is 0 Å². The number of anilines is 1. The van der Waals surface area contributed by atoms with Crippen LogP contribution >= 0.6 is 0 Å². The van der Waals surface area contributed by atoms with Gasteiger partial charge in [0.25, 0.3) is 0 Å². The SMILES string of the molecule is CCOc1ccc(C(=O)C(CC)NCCC(=O)O)cc1N. The molecule has 0 spiro atoms. The van der Waals surface area contributed by atoms with Crippen LogP contribution < -0.4 is 15.8 Å². The summed E-state index contributed by atoms with van der Waals surface area (Å²) in [6, 6.07) is 4.53. The van der Waals surface area contributed by atoms with E-state index in [1.165, 1.54) is 0 Å². The number of hydrogen-bond acceptors (Lipinski definition) is 5. The van der Waals surface area contributed by atoms with Crippen molar-refractivity contribution in [1.29, 1.82) is 0 Å². The Labute approximate surface area is 124 Å². The fourth-order valence-electron chi connectivity index (χ4n) is 1.97. The molecule has 0 aliphatic heterocycles. The standard InChI is InChI=1S/C15H22N2O4/c1-3-12(17-8-7-14(18)19)15(20)10-5-6-13(21-4-2)11(16)9-10/h5-6,9,12,17H,3-4,7-8,16H2,1-2H3,(H,18,19). The van der Waals surface area contributed by atoms with Crippen molar-refractivity contribution >= 4 is 17.4 Å². The van der Waals surface area contributed by atoms with Crippen molar-refractivity contribution in [1.82, 2.24) is 5.32 Å². The lowest BCUT2D eigenvalue weighted by Gasteiger charge is -2.16. The minimum absolute atomic E-state index is 0.0187. The van der Waals surface area contributed by atoms with Crippen LogP contribution in [0.3, 0.4) is 0 Å². The molecule has 0 aromatic heterocycles. The van der Waals surface area contributed by atoms with Gasteiger partial charge in [0, 0.05) is 12.1 Å². The first-order chi connectivity index (χ1) is 9.99. The van der Waals surface area contributed by atoms with E-state index in [4.69, 9.17) is 15.6 Å². The quantitative estimate of drug-likeness (QED) is 0.473. The molecular weight excluding hydrogens is 272 g/mol. The summed E-state index contributed by atoms with van der Waals surface area (Å²) in [6.07, 6.45) is 0.556. The first-order valence-electron chi connectivity index (χ1n) is 7.01. The number of ether oxygens (including phenoxy) is 1. The highest BCUT2D eigenvalue weighted by atomic mass is 16.5. The molecule has 0 bridgehead atoms. The number of carbonyl (C=O) groups is 2. The van der Waals surface area contributed by atoms with Crippen molar-refractivity contribution in [2.24, 2.45) is 0 Å². The van der Waals surface area contributed by atoms with E-state index in [0.717, 1.165) is 0 Å². The molecular formula is C15H22N2O4. The number of carboxylic acid groups (broad SMARTS) is 1. The second kappa shape index (κ2) is 8.26. The molecule has 1 aromatic carbocycles. The zero-order chi connectivity index (χ0) is 15.8. The molecule has 0 fully saturated rings. The number of ketones is 1. The van der Waals surface area contributed by atoms with Crippen LogP contribution in [0.25, 0.3) is 0 Å². The van der Waals surface area contributed by atoms with E-state index < -0.39 is 12.0 Å². The van der Waals surface area contributed by atoms with Gasteiger partial charge in [0.05, 0.1) is 24.8 Å². The second-order valence-corrected chi connectivity index (χ2v) is 4.61. The molecule has 1 rings (SSSR count). The van der Waals surface area contributed by atoms with E-state index in [9.17, 15) is 9.59 Å². The molecule has 0 aliphatic rings.